The van der Waals surface area contributed by atoms with Crippen molar-refractivity contribution in [2.45, 2.75) is 20.0 Å². The van der Waals surface area contributed by atoms with Crippen LogP contribution in [0.3, 0.4) is 0 Å². The molecule has 156 valence electrons. The van der Waals surface area contributed by atoms with Crippen LogP contribution in [0.25, 0.3) is 0 Å². The highest BCUT2D eigenvalue weighted by molar-refractivity contribution is 6.05. The van der Waals surface area contributed by atoms with Crippen molar-refractivity contribution in [1.29, 1.82) is 0 Å². The van der Waals surface area contributed by atoms with E-state index in [-0.39, 0.29) is 5.91 Å². The third kappa shape index (κ3) is 6.62. The lowest BCUT2D eigenvalue weighted by molar-refractivity contribution is 0.0453. The van der Waals surface area contributed by atoms with E-state index in [9.17, 15) is 4.79 Å². The Hall–Kier alpha value is -2.83. The number of ether oxygens (including phenoxy) is 4. The molecule has 0 bridgehead atoms. The lowest BCUT2D eigenvalue weighted by Crippen LogP contribution is -2.13. The summed E-state index contributed by atoms with van der Waals surface area (Å²) in [5.74, 6) is 0.884. The third-order valence-corrected chi connectivity index (χ3v) is 4.21. The molecule has 0 heterocycles. The first-order chi connectivity index (χ1) is 14.1. The molecule has 0 aromatic heterocycles. The molecule has 0 unspecified atom stereocenters. The van der Waals surface area contributed by atoms with Crippen molar-refractivity contribution in [3.63, 3.8) is 0 Å². The molecule has 1 amide bonds. The fourth-order valence-electron chi connectivity index (χ4n) is 2.88. The molecule has 1 N–H and O–H groups in total. The van der Waals surface area contributed by atoms with Crippen molar-refractivity contribution in [3.8, 4) is 11.5 Å². The van der Waals surface area contributed by atoms with Crippen molar-refractivity contribution in [3.05, 3.63) is 65.7 Å². The summed E-state index contributed by atoms with van der Waals surface area (Å²) < 4.78 is 21.7. The van der Waals surface area contributed by atoms with Crippen LogP contribution in [0.2, 0.25) is 0 Å². The molecule has 6 nitrogen and oxygen atoms in total. The molecule has 0 aliphatic rings. The predicted octanol–water partition coefficient (Wildman–Crippen LogP) is 4.24. The van der Waals surface area contributed by atoms with E-state index in [1.54, 1.807) is 32.4 Å². The van der Waals surface area contributed by atoms with Crippen LogP contribution in [0, 0.1) is 0 Å². The first-order valence-electron chi connectivity index (χ1n) is 9.54. The Kier molecular flexibility index (Phi) is 9.21. The number of nitrogens with one attached hydrogen (secondary N) is 1. The summed E-state index contributed by atoms with van der Waals surface area (Å²) in [4.78, 5) is 12.8. The van der Waals surface area contributed by atoms with E-state index in [1.807, 2.05) is 31.2 Å². The molecule has 0 saturated carbocycles. The largest absolute Gasteiger partial charge is 0.493 e. The van der Waals surface area contributed by atoms with Gasteiger partial charge in [0.1, 0.15) is 0 Å². The Labute approximate surface area is 172 Å². The highest BCUT2D eigenvalue weighted by Gasteiger charge is 2.16. The third-order valence-electron chi connectivity index (χ3n) is 4.21. The smallest absolute Gasteiger partial charge is 0.255 e. The molecule has 29 heavy (non-hydrogen) atoms. The Bertz CT molecular complexity index is 819. The van der Waals surface area contributed by atoms with E-state index in [2.05, 4.69) is 11.9 Å². The van der Waals surface area contributed by atoms with Crippen molar-refractivity contribution in [1.82, 2.24) is 0 Å². The lowest BCUT2D eigenvalue weighted by Gasteiger charge is -2.14. The zero-order valence-corrected chi connectivity index (χ0v) is 17.3. The van der Waals surface area contributed by atoms with Gasteiger partial charge in [-0.1, -0.05) is 18.2 Å². The van der Waals surface area contributed by atoms with E-state index in [0.717, 1.165) is 11.1 Å². The van der Waals surface area contributed by atoms with Crippen LogP contribution in [0.4, 0.5) is 5.69 Å². The Morgan fingerprint density at radius 3 is 2.59 bits per heavy atom. The van der Waals surface area contributed by atoms with Crippen LogP contribution in [0.15, 0.2) is 49.1 Å². The van der Waals surface area contributed by atoms with Gasteiger partial charge in [0.15, 0.2) is 11.5 Å². The summed E-state index contributed by atoms with van der Waals surface area (Å²) in [5, 5.41) is 2.93. The molecule has 6 heteroatoms. The average Bonchev–Trinajstić information content (AvgIpc) is 2.73. The molecule has 2 aromatic rings. The molecule has 0 fully saturated rings. The molecule has 0 aliphatic carbocycles. The van der Waals surface area contributed by atoms with Crippen molar-refractivity contribution in [2.24, 2.45) is 0 Å². The van der Waals surface area contributed by atoms with Gasteiger partial charge in [-0.2, -0.15) is 0 Å². The molecular formula is C23H29NO5. The maximum Gasteiger partial charge on any atom is 0.255 e. The number of carbonyl (C=O) groups is 1. The highest BCUT2D eigenvalue weighted by Crippen LogP contribution is 2.33. The van der Waals surface area contributed by atoms with E-state index in [0.29, 0.717) is 55.6 Å². The maximum absolute atomic E-state index is 12.8. The van der Waals surface area contributed by atoms with Gasteiger partial charge in [-0.25, -0.2) is 0 Å². The summed E-state index contributed by atoms with van der Waals surface area (Å²) in [6, 6.07) is 11.0. The topological polar surface area (TPSA) is 66.0 Å². The average molecular weight is 399 g/mol. The minimum Gasteiger partial charge on any atom is -0.493 e. The molecule has 0 radical (unpaired) electrons. The number of amides is 1. The fraction of sp³-hybridized carbons (Fsp3) is 0.348. The van der Waals surface area contributed by atoms with Crippen LogP contribution in [0.5, 0.6) is 11.5 Å². The van der Waals surface area contributed by atoms with Crippen molar-refractivity contribution in [2.75, 3.05) is 39.4 Å². The second kappa shape index (κ2) is 11.9. The predicted molar refractivity (Wildman–Crippen MR) is 114 cm³/mol. The fourth-order valence-corrected chi connectivity index (χ4v) is 2.88. The Balaban J connectivity index is 2.10. The molecule has 0 aliphatic heterocycles. The second-order valence-electron chi connectivity index (χ2n) is 6.27. The van der Waals surface area contributed by atoms with E-state index in [1.165, 1.54) is 0 Å². The van der Waals surface area contributed by atoms with Gasteiger partial charge in [0, 0.05) is 23.4 Å². The van der Waals surface area contributed by atoms with Gasteiger partial charge in [0.2, 0.25) is 0 Å². The number of hydrogen-bond donors (Lipinski definition) is 1. The Morgan fingerprint density at radius 1 is 1.10 bits per heavy atom. The van der Waals surface area contributed by atoms with Crippen molar-refractivity contribution >= 4 is 11.6 Å². The minimum absolute atomic E-state index is 0.231. The first-order valence-corrected chi connectivity index (χ1v) is 9.54. The summed E-state index contributed by atoms with van der Waals surface area (Å²) in [7, 11) is 3.12. The van der Waals surface area contributed by atoms with Gasteiger partial charge in [-0.3, -0.25) is 4.79 Å². The van der Waals surface area contributed by atoms with Crippen LogP contribution in [-0.4, -0.2) is 39.9 Å². The SMILES string of the molecule is C=CCc1cc(C(=O)Nc2cccc(COCCOCC)c2)cc(OC)c1OC. The standard InChI is InChI=1S/C23H29NO5/c1-5-8-18-14-19(15-21(26-3)22(18)27-4)23(25)24-20-10-7-9-17(13-20)16-29-12-11-28-6-2/h5,7,9-10,13-15H,1,6,8,11-12,16H2,2-4H3,(H,24,25). The number of carbonyl (C=O) groups excluding carboxylic acids is 1. The number of allylic oxidation sites excluding steroid dienone is 1. The van der Waals surface area contributed by atoms with Crippen LogP contribution in [-0.2, 0) is 22.5 Å². The molecule has 2 rings (SSSR count). The van der Waals surface area contributed by atoms with E-state index in [4.69, 9.17) is 18.9 Å². The highest BCUT2D eigenvalue weighted by atomic mass is 16.5. The summed E-state index contributed by atoms with van der Waals surface area (Å²) in [5.41, 5.74) is 2.99. The van der Waals surface area contributed by atoms with Gasteiger partial charge < -0.3 is 24.3 Å². The van der Waals surface area contributed by atoms with E-state index >= 15 is 0 Å². The monoisotopic (exact) mass is 399 g/mol. The van der Waals surface area contributed by atoms with Crippen LogP contribution < -0.4 is 14.8 Å². The van der Waals surface area contributed by atoms with Crippen LogP contribution >= 0.6 is 0 Å². The number of methoxy groups -OCH3 is 2. The van der Waals surface area contributed by atoms with Gasteiger partial charge in [0.05, 0.1) is 34.0 Å². The minimum atomic E-state index is -0.231. The zero-order valence-electron chi connectivity index (χ0n) is 17.3. The normalized spacial score (nSPS) is 10.4. The second-order valence-corrected chi connectivity index (χ2v) is 6.27. The molecule has 0 saturated heterocycles. The molecule has 0 atom stereocenters. The van der Waals surface area contributed by atoms with Gasteiger partial charge in [0.25, 0.3) is 5.91 Å². The molecule has 0 spiro atoms. The van der Waals surface area contributed by atoms with E-state index < -0.39 is 0 Å². The van der Waals surface area contributed by atoms with Gasteiger partial charge in [-0.15, -0.1) is 6.58 Å². The van der Waals surface area contributed by atoms with Crippen LogP contribution in [0.1, 0.15) is 28.4 Å². The zero-order chi connectivity index (χ0) is 21.1. The maximum atomic E-state index is 12.8. The van der Waals surface area contributed by atoms with Gasteiger partial charge in [-0.05, 0) is 43.2 Å². The molecular weight excluding hydrogens is 370 g/mol. The molecule has 2 aromatic carbocycles. The summed E-state index contributed by atoms with van der Waals surface area (Å²) >= 11 is 0. The first kappa shape index (κ1) is 22.5. The van der Waals surface area contributed by atoms with Crippen molar-refractivity contribution < 1.29 is 23.7 Å². The summed E-state index contributed by atoms with van der Waals surface area (Å²) in [6.07, 6.45) is 2.32. The number of anilines is 1. The number of benzene rings is 2. The Morgan fingerprint density at radius 2 is 1.90 bits per heavy atom. The number of hydrogen-bond acceptors (Lipinski definition) is 5. The number of rotatable bonds is 12. The quantitative estimate of drug-likeness (QED) is 0.427. The van der Waals surface area contributed by atoms with Gasteiger partial charge >= 0.3 is 0 Å². The summed E-state index contributed by atoms with van der Waals surface area (Å²) in [6.45, 7) is 7.94. The lowest BCUT2D eigenvalue weighted by atomic mass is 10.0.